The van der Waals surface area contributed by atoms with Crippen LogP contribution in [0, 0.1) is 0 Å². The second kappa shape index (κ2) is 8.58. The number of aromatic nitrogens is 2. The van der Waals surface area contributed by atoms with Crippen LogP contribution in [0.3, 0.4) is 0 Å². The van der Waals surface area contributed by atoms with Crippen LogP contribution in [0.2, 0.25) is 5.02 Å². The van der Waals surface area contributed by atoms with Gasteiger partial charge in [0, 0.05) is 44.5 Å². The molecule has 0 atom stereocenters. The zero-order valence-electron chi connectivity index (χ0n) is 16.4. The number of hydrogen-bond acceptors (Lipinski definition) is 7. The van der Waals surface area contributed by atoms with Crippen molar-refractivity contribution in [1.29, 1.82) is 0 Å². The molecule has 2 amide bonds. The lowest BCUT2D eigenvalue weighted by atomic mass is 10.1. The molecule has 1 aromatic heterocycles. The first-order chi connectivity index (χ1) is 14.5. The Morgan fingerprint density at radius 1 is 1.20 bits per heavy atom. The number of carbonyl (C=O) groups is 2. The molecule has 4 rings (SSSR count). The molecule has 0 saturated carbocycles. The Kier molecular flexibility index (Phi) is 5.71. The van der Waals surface area contributed by atoms with Gasteiger partial charge in [-0.2, -0.15) is 0 Å². The number of nitrogens with one attached hydrogen (secondary N) is 3. The number of ether oxygens (including phenoxy) is 1. The number of carbonyl (C=O) groups excluding carboxylic acids is 2. The van der Waals surface area contributed by atoms with Crippen molar-refractivity contribution in [2.24, 2.45) is 0 Å². The average Bonchev–Trinajstić information content (AvgIpc) is 3.06. The zero-order chi connectivity index (χ0) is 21.1. The van der Waals surface area contributed by atoms with Gasteiger partial charge in [-0.1, -0.05) is 11.6 Å². The van der Waals surface area contributed by atoms with Crippen LogP contribution < -0.4 is 20.7 Å². The summed E-state index contributed by atoms with van der Waals surface area (Å²) in [4.78, 5) is 34.9. The van der Waals surface area contributed by atoms with Gasteiger partial charge in [-0.3, -0.25) is 9.59 Å². The lowest BCUT2D eigenvalue weighted by Crippen LogP contribution is -2.31. The summed E-state index contributed by atoms with van der Waals surface area (Å²) in [6.07, 6.45) is 3.95. The van der Waals surface area contributed by atoms with Gasteiger partial charge in [0.15, 0.2) is 0 Å². The molecule has 2 bridgehead atoms. The van der Waals surface area contributed by atoms with Crippen molar-refractivity contribution in [2.45, 2.75) is 12.8 Å². The van der Waals surface area contributed by atoms with Crippen LogP contribution >= 0.6 is 11.6 Å². The van der Waals surface area contributed by atoms with E-state index in [0.29, 0.717) is 71.8 Å². The second-order valence-electron chi connectivity index (χ2n) is 6.94. The molecule has 0 unspecified atom stereocenters. The third kappa shape index (κ3) is 4.16. The summed E-state index contributed by atoms with van der Waals surface area (Å²) in [6, 6.07) is 5.25. The number of halogens is 1. The van der Waals surface area contributed by atoms with Gasteiger partial charge in [-0.25, -0.2) is 9.97 Å². The molecule has 2 aliphatic heterocycles. The number of fused-ring (bicyclic) bond motifs is 2. The summed E-state index contributed by atoms with van der Waals surface area (Å²) in [6.45, 7) is 1.34. The first kappa shape index (κ1) is 20.0. The van der Waals surface area contributed by atoms with E-state index in [1.807, 2.05) is 0 Å². The lowest BCUT2D eigenvalue weighted by Gasteiger charge is -2.18. The Balaban J connectivity index is 1.69. The largest absolute Gasteiger partial charge is 0.492 e. The Bertz CT molecular complexity index is 1030. The fraction of sp³-hybridized carbons (Fsp3) is 0.300. The third-order valence-electron chi connectivity index (χ3n) is 4.87. The fourth-order valence-corrected chi connectivity index (χ4v) is 3.39. The van der Waals surface area contributed by atoms with E-state index in [4.69, 9.17) is 16.3 Å². The van der Waals surface area contributed by atoms with Crippen molar-refractivity contribution in [3.05, 3.63) is 41.3 Å². The molecule has 0 radical (unpaired) electrons. The molecular weight excluding hydrogens is 408 g/mol. The molecule has 3 heterocycles. The maximum absolute atomic E-state index is 12.5. The number of hydrogen-bond donors (Lipinski definition) is 3. The SMILES string of the molecule is CN1CCNc2ncnc3c2/C(=C/Nc2ccc(Cl)c(c2)OCCCC1=O)C(=O)N3. The number of amides is 2. The van der Waals surface area contributed by atoms with Gasteiger partial charge in [-0.15, -0.1) is 0 Å². The molecule has 1 aromatic carbocycles. The van der Waals surface area contributed by atoms with E-state index in [0.717, 1.165) is 0 Å². The van der Waals surface area contributed by atoms with Crippen molar-refractivity contribution < 1.29 is 14.3 Å². The van der Waals surface area contributed by atoms with E-state index in [1.165, 1.54) is 6.33 Å². The van der Waals surface area contributed by atoms with Crippen LogP contribution in [-0.2, 0) is 9.59 Å². The predicted molar refractivity (Wildman–Crippen MR) is 115 cm³/mol. The molecule has 2 aromatic rings. The minimum absolute atomic E-state index is 0.0246. The molecule has 10 heteroatoms. The number of anilines is 3. The highest BCUT2D eigenvalue weighted by Crippen LogP contribution is 2.35. The normalized spacial score (nSPS) is 18.7. The molecule has 0 spiro atoms. The summed E-state index contributed by atoms with van der Waals surface area (Å²) < 4.78 is 5.75. The molecular formula is C20H21ClN6O3. The van der Waals surface area contributed by atoms with Crippen molar-refractivity contribution in [2.75, 3.05) is 42.7 Å². The molecule has 0 aliphatic carbocycles. The highest BCUT2D eigenvalue weighted by Gasteiger charge is 2.29. The van der Waals surface area contributed by atoms with Crippen LogP contribution in [0.4, 0.5) is 17.3 Å². The van der Waals surface area contributed by atoms with E-state index < -0.39 is 0 Å². The summed E-state index contributed by atoms with van der Waals surface area (Å²) in [5.74, 6) is 1.21. The summed E-state index contributed by atoms with van der Waals surface area (Å²) in [5, 5.41) is 9.54. The molecule has 30 heavy (non-hydrogen) atoms. The number of likely N-dealkylation sites (N-methyl/N-ethyl adjacent to an activating group) is 1. The first-order valence-electron chi connectivity index (χ1n) is 9.56. The van der Waals surface area contributed by atoms with Crippen LogP contribution in [0.1, 0.15) is 18.4 Å². The van der Waals surface area contributed by atoms with Crippen molar-refractivity contribution in [3.63, 3.8) is 0 Å². The second-order valence-corrected chi connectivity index (χ2v) is 7.35. The van der Waals surface area contributed by atoms with Crippen molar-refractivity contribution in [3.8, 4) is 5.75 Å². The third-order valence-corrected chi connectivity index (χ3v) is 5.18. The van der Waals surface area contributed by atoms with Crippen LogP contribution in [-0.4, -0.2) is 53.4 Å². The standard InChI is InChI=1S/C20H21ClN6O3/c1-27-7-6-22-18-17-13(20(29)26-19(17)25-11-24-18)10-23-12-4-5-14(21)15(9-12)30-8-2-3-16(27)28/h4-5,9-11,23H,2-3,6-8H2,1H3,(H2,22,24,25,26,29)/b13-10-. The quantitative estimate of drug-likeness (QED) is 0.591. The smallest absolute Gasteiger partial charge is 0.259 e. The predicted octanol–water partition coefficient (Wildman–Crippen LogP) is 2.58. The van der Waals surface area contributed by atoms with Gasteiger partial charge in [0.25, 0.3) is 5.91 Å². The molecule has 3 N–H and O–H groups in total. The number of nitrogens with zero attached hydrogens (tertiary/aromatic N) is 3. The molecule has 0 saturated heterocycles. The van der Waals surface area contributed by atoms with E-state index in [9.17, 15) is 9.59 Å². The lowest BCUT2D eigenvalue weighted by molar-refractivity contribution is -0.130. The monoisotopic (exact) mass is 428 g/mol. The summed E-state index contributed by atoms with van der Waals surface area (Å²) >= 11 is 6.22. The Hall–Kier alpha value is -3.33. The van der Waals surface area contributed by atoms with Crippen LogP contribution in [0.25, 0.3) is 5.57 Å². The number of benzene rings is 1. The highest BCUT2D eigenvalue weighted by molar-refractivity contribution is 6.33. The first-order valence-corrected chi connectivity index (χ1v) is 9.94. The minimum Gasteiger partial charge on any atom is -0.492 e. The number of rotatable bonds is 0. The van der Waals surface area contributed by atoms with Crippen LogP contribution in [0.5, 0.6) is 5.75 Å². The summed E-state index contributed by atoms with van der Waals surface area (Å²) in [7, 11) is 1.75. The van der Waals surface area contributed by atoms with E-state index in [2.05, 4.69) is 25.9 Å². The minimum atomic E-state index is -0.281. The highest BCUT2D eigenvalue weighted by atomic mass is 35.5. The maximum atomic E-state index is 12.5. The van der Waals surface area contributed by atoms with Crippen molar-refractivity contribution >= 4 is 46.3 Å². The van der Waals surface area contributed by atoms with Crippen LogP contribution in [0.15, 0.2) is 30.7 Å². The fourth-order valence-electron chi connectivity index (χ4n) is 3.22. The van der Waals surface area contributed by atoms with Gasteiger partial charge >= 0.3 is 0 Å². The molecule has 156 valence electrons. The average molecular weight is 429 g/mol. The van der Waals surface area contributed by atoms with Gasteiger partial charge in [0.2, 0.25) is 5.91 Å². The Morgan fingerprint density at radius 3 is 2.90 bits per heavy atom. The van der Waals surface area contributed by atoms with Gasteiger partial charge < -0.3 is 25.6 Å². The Labute approximate surface area is 178 Å². The molecule has 2 aliphatic rings. The zero-order valence-corrected chi connectivity index (χ0v) is 17.1. The van der Waals surface area contributed by atoms with E-state index >= 15 is 0 Å². The van der Waals surface area contributed by atoms with Gasteiger partial charge in [-0.05, 0) is 18.6 Å². The van der Waals surface area contributed by atoms with E-state index in [-0.39, 0.29) is 11.8 Å². The van der Waals surface area contributed by atoms with Gasteiger partial charge in [0.05, 0.1) is 22.8 Å². The van der Waals surface area contributed by atoms with Crippen molar-refractivity contribution in [1.82, 2.24) is 14.9 Å². The molecule has 0 fully saturated rings. The topological polar surface area (TPSA) is 108 Å². The Morgan fingerprint density at radius 2 is 2.03 bits per heavy atom. The van der Waals surface area contributed by atoms with E-state index in [1.54, 1.807) is 36.3 Å². The maximum Gasteiger partial charge on any atom is 0.259 e. The molecule has 9 nitrogen and oxygen atoms in total. The summed E-state index contributed by atoms with van der Waals surface area (Å²) in [5.41, 5.74) is 1.69. The van der Waals surface area contributed by atoms with Gasteiger partial charge in [0.1, 0.15) is 23.7 Å².